The van der Waals surface area contributed by atoms with Gasteiger partial charge in [-0.05, 0) is 33.2 Å². The third-order valence-corrected chi connectivity index (χ3v) is 4.99. The van der Waals surface area contributed by atoms with Gasteiger partial charge < -0.3 is 5.32 Å². The predicted octanol–water partition coefficient (Wildman–Crippen LogP) is 3.25. The van der Waals surface area contributed by atoms with Crippen LogP contribution in [0.1, 0.15) is 54.4 Å². The molecule has 0 amide bonds. The number of aromatic nitrogens is 6. The summed E-state index contributed by atoms with van der Waals surface area (Å²) >= 11 is 0. The van der Waals surface area contributed by atoms with Crippen LogP contribution in [0.25, 0.3) is 0 Å². The van der Waals surface area contributed by atoms with Crippen LogP contribution in [0.2, 0.25) is 0 Å². The highest BCUT2D eigenvalue weighted by atomic mass is 15.2. The summed E-state index contributed by atoms with van der Waals surface area (Å²) in [5, 5.41) is 10.4. The summed E-state index contributed by atoms with van der Waals surface area (Å²) in [7, 11) is 0. The zero-order chi connectivity index (χ0) is 19.5. The normalized spacial score (nSPS) is 17.2. The molecule has 1 fully saturated rings. The summed E-state index contributed by atoms with van der Waals surface area (Å²) in [5.41, 5.74) is 3.19. The average Bonchev–Trinajstić information content (AvgIpc) is 3.31. The molecule has 28 heavy (non-hydrogen) atoms. The van der Waals surface area contributed by atoms with Crippen molar-refractivity contribution >= 4 is 11.6 Å². The van der Waals surface area contributed by atoms with E-state index in [1.54, 1.807) is 0 Å². The third kappa shape index (κ3) is 4.17. The lowest BCUT2D eigenvalue weighted by Crippen LogP contribution is -2.24. The molecule has 1 saturated heterocycles. The Morgan fingerprint density at radius 3 is 2.68 bits per heavy atom. The minimum absolute atomic E-state index is 0.272. The van der Waals surface area contributed by atoms with E-state index in [0.29, 0.717) is 0 Å². The smallest absolute Gasteiger partial charge is 0.153 e. The standard InChI is InChI=1S/C20H26N8/c1-4-18-21-10-15(11-22-18)12-28-7-5-6-17(28)16-9-19(24-14(3)23-16)25-20-8-13(2)26-27-20/h8-11,17H,4-7,12H2,1-3H3,(H2,23,24,25,26,27). The van der Waals surface area contributed by atoms with Crippen LogP contribution in [-0.2, 0) is 13.0 Å². The van der Waals surface area contributed by atoms with Gasteiger partial charge in [-0.1, -0.05) is 6.92 Å². The Hall–Kier alpha value is -2.87. The van der Waals surface area contributed by atoms with Gasteiger partial charge >= 0.3 is 0 Å². The van der Waals surface area contributed by atoms with Gasteiger partial charge in [-0.2, -0.15) is 5.10 Å². The van der Waals surface area contributed by atoms with E-state index in [9.17, 15) is 0 Å². The second kappa shape index (κ2) is 8.02. The first-order valence-electron chi connectivity index (χ1n) is 9.79. The molecule has 3 aromatic rings. The Bertz CT molecular complexity index is 934. The molecule has 0 radical (unpaired) electrons. The maximum Gasteiger partial charge on any atom is 0.153 e. The topological polar surface area (TPSA) is 95.5 Å². The summed E-state index contributed by atoms with van der Waals surface area (Å²) in [5.74, 6) is 3.18. The van der Waals surface area contributed by atoms with Crippen molar-refractivity contribution in [2.45, 2.75) is 52.6 Å². The Morgan fingerprint density at radius 2 is 1.96 bits per heavy atom. The van der Waals surface area contributed by atoms with Gasteiger partial charge in [0.1, 0.15) is 17.5 Å². The number of nitrogens with one attached hydrogen (secondary N) is 2. The number of nitrogens with zero attached hydrogens (tertiary/aromatic N) is 6. The molecule has 1 atom stereocenters. The zero-order valence-electron chi connectivity index (χ0n) is 16.6. The van der Waals surface area contributed by atoms with Crippen LogP contribution < -0.4 is 5.32 Å². The first kappa shape index (κ1) is 18.5. The molecule has 1 unspecified atom stereocenters. The van der Waals surface area contributed by atoms with Crippen molar-refractivity contribution in [3.63, 3.8) is 0 Å². The van der Waals surface area contributed by atoms with Crippen LogP contribution in [0.15, 0.2) is 24.5 Å². The van der Waals surface area contributed by atoms with Gasteiger partial charge in [0.2, 0.25) is 0 Å². The molecule has 8 heteroatoms. The first-order valence-corrected chi connectivity index (χ1v) is 9.79. The van der Waals surface area contributed by atoms with Crippen LogP contribution >= 0.6 is 0 Å². The van der Waals surface area contributed by atoms with Gasteiger partial charge in [0.15, 0.2) is 5.82 Å². The van der Waals surface area contributed by atoms with E-state index in [1.165, 1.54) is 0 Å². The predicted molar refractivity (Wildman–Crippen MR) is 107 cm³/mol. The fourth-order valence-electron chi connectivity index (χ4n) is 3.67. The first-order chi connectivity index (χ1) is 13.6. The highest BCUT2D eigenvalue weighted by molar-refractivity contribution is 5.52. The largest absolute Gasteiger partial charge is 0.323 e. The van der Waals surface area contributed by atoms with Gasteiger partial charge in [-0.3, -0.25) is 10.00 Å². The molecule has 3 aromatic heterocycles. The van der Waals surface area contributed by atoms with Crippen molar-refractivity contribution in [2.75, 3.05) is 11.9 Å². The highest BCUT2D eigenvalue weighted by Crippen LogP contribution is 2.33. The fraction of sp³-hybridized carbons (Fsp3) is 0.450. The molecule has 146 valence electrons. The number of anilines is 2. The number of hydrogen-bond donors (Lipinski definition) is 2. The summed E-state index contributed by atoms with van der Waals surface area (Å²) < 4.78 is 0. The maximum absolute atomic E-state index is 4.73. The molecule has 0 saturated carbocycles. The van der Waals surface area contributed by atoms with E-state index >= 15 is 0 Å². The SMILES string of the molecule is CCc1ncc(CN2CCCC2c2cc(Nc3cc(C)[nH]n3)nc(C)n2)cn1. The van der Waals surface area contributed by atoms with Crippen LogP contribution in [0, 0.1) is 13.8 Å². The van der Waals surface area contributed by atoms with Crippen LogP contribution in [0.3, 0.4) is 0 Å². The number of aryl methyl sites for hydroxylation is 3. The lowest BCUT2D eigenvalue weighted by atomic mass is 10.1. The highest BCUT2D eigenvalue weighted by Gasteiger charge is 2.28. The summed E-state index contributed by atoms with van der Waals surface area (Å²) in [6.07, 6.45) is 6.99. The molecule has 4 heterocycles. The number of rotatable bonds is 6. The van der Waals surface area contributed by atoms with E-state index in [0.717, 1.165) is 72.6 Å². The molecule has 0 spiro atoms. The van der Waals surface area contributed by atoms with E-state index < -0.39 is 0 Å². The minimum atomic E-state index is 0.272. The molecule has 8 nitrogen and oxygen atoms in total. The van der Waals surface area contributed by atoms with Crippen molar-refractivity contribution in [1.82, 2.24) is 35.0 Å². The van der Waals surface area contributed by atoms with Gasteiger partial charge in [0.25, 0.3) is 0 Å². The number of likely N-dealkylation sites (tertiary alicyclic amines) is 1. The van der Waals surface area contributed by atoms with E-state index in [1.807, 2.05) is 38.4 Å². The summed E-state index contributed by atoms with van der Waals surface area (Å²) in [6.45, 7) is 7.85. The maximum atomic E-state index is 4.73. The molecule has 0 aliphatic carbocycles. The van der Waals surface area contributed by atoms with Crippen molar-refractivity contribution in [3.8, 4) is 0 Å². The molecular formula is C20H26N8. The Balaban J connectivity index is 1.52. The third-order valence-electron chi connectivity index (χ3n) is 4.99. The number of hydrogen-bond acceptors (Lipinski definition) is 7. The molecule has 1 aliphatic rings. The van der Waals surface area contributed by atoms with Gasteiger partial charge in [0, 0.05) is 48.7 Å². The van der Waals surface area contributed by atoms with Gasteiger partial charge in [-0.25, -0.2) is 19.9 Å². The monoisotopic (exact) mass is 378 g/mol. The summed E-state index contributed by atoms with van der Waals surface area (Å²) in [6, 6.07) is 4.27. The van der Waals surface area contributed by atoms with Crippen molar-refractivity contribution in [1.29, 1.82) is 0 Å². The van der Waals surface area contributed by atoms with Crippen LogP contribution in [0.5, 0.6) is 0 Å². The molecule has 0 aromatic carbocycles. The van der Waals surface area contributed by atoms with Crippen molar-refractivity contribution < 1.29 is 0 Å². The second-order valence-electron chi connectivity index (χ2n) is 7.28. The van der Waals surface area contributed by atoms with Crippen molar-refractivity contribution in [2.24, 2.45) is 0 Å². The number of H-pyrrole nitrogens is 1. The quantitative estimate of drug-likeness (QED) is 0.680. The molecule has 0 bridgehead atoms. The zero-order valence-corrected chi connectivity index (χ0v) is 16.6. The van der Waals surface area contributed by atoms with Crippen molar-refractivity contribution in [3.05, 3.63) is 53.1 Å². The Morgan fingerprint density at radius 1 is 1.14 bits per heavy atom. The van der Waals surface area contributed by atoms with Crippen LogP contribution in [0.4, 0.5) is 11.6 Å². The lowest BCUT2D eigenvalue weighted by Gasteiger charge is -2.24. The van der Waals surface area contributed by atoms with E-state index in [-0.39, 0.29) is 6.04 Å². The molecule has 1 aliphatic heterocycles. The van der Waals surface area contributed by atoms with E-state index in [2.05, 4.69) is 42.3 Å². The van der Waals surface area contributed by atoms with E-state index in [4.69, 9.17) is 4.98 Å². The second-order valence-corrected chi connectivity index (χ2v) is 7.28. The van der Waals surface area contributed by atoms with Gasteiger partial charge in [-0.15, -0.1) is 0 Å². The summed E-state index contributed by atoms with van der Waals surface area (Å²) in [4.78, 5) is 20.6. The molecular weight excluding hydrogens is 352 g/mol. The molecule has 2 N–H and O–H groups in total. The van der Waals surface area contributed by atoms with Gasteiger partial charge in [0.05, 0.1) is 11.7 Å². The Kier molecular flexibility index (Phi) is 5.29. The average molecular weight is 378 g/mol. The minimum Gasteiger partial charge on any atom is -0.323 e. The number of aromatic amines is 1. The molecule has 4 rings (SSSR count). The lowest BCUT2D eigenvalue weighted by molar-refractivity contribution is 0.243. The Labute approximate surface area is 164 Å². The van der Waals surface area contributed by atoms with Crippen LogP contribution in [-0.4, -0.2) is 41.6 Å². The fourth-order valence-corrected chi connectivity index (χ4v) is 3.67.